The molecule has 1 saturated carbocycles. The Hall–Kier alpha value is -0.250. The van der Waals surface area contributed by atoms with E-state index in [1.807, 2.05) is 0 Å². The highest BCUT2D eigenvalue weighted by atomic mass is 16.7. The van der Waals surface area contributed by atoms with Gasteiger partial charge in [0.1, 0.15) is 5.60 Å². The van der Waals surface area contributed by atoms with Crippen LogP contribution in [0.5, 0.6) is 0 Å². The molecule has 1 heterocycles. The first-order chi connectivity index (χ1) is 6.18. The molecule has 2 rings (SSSR count). The molecule has 1 aliphatic carbocycles. The van der Waals surface area contributed by atoms with Crippen LogP contribution >= 0.6 is 0 Å². The van der Waals surface area contributed by atoms with E-state index in [0.29, 0.717) is 0 Å². The fourth-order valence-corrected chi connectivity index (χ4v) is 2.09. The summed E-state index contributed by atoms with van der Waals surface area (Å²) >= 11 is 0. The second kappa shape index (κ2) is 3.15. The topological polar surface area (TPSA) is 27.7 Å². The van der Waals surface area contributed by atoms with E-state index in [-0.39, 0.29) is 11.4 Å². The van der Waals surface area contributed by atoms with Gasteiger partial charge in [-0.05, 0) is 19.8 Å². The predicted molar refractivity (Wildman–Crippen MR) is 48.0 cm³/mol. The zero-order chi connectivity index (χ0) is 9.36. The third kappa shape index (κ3) is 1.68. The molecular formula is C10H17O3+. The largest absolute Gasteiger partial charge is 0.348 e. The van der Waals surface area contributed by atoms with Crippen LogP contribution < -0.4 is 0 Å². The highest BCUT2D eigenvalue weighted by Crippen LogP contribution is 2.41. The Morgan fingerprint density at radius 2 is 1.62 bits per heavy atom. The summed E-state index contributed by atoms with van der Waals surface area (Å²) in [4.78, 5) is 0. The first-order valence-corrected chi connectivity index (χ1v) is 4.89. The van der Waals surface area contributed by atoms with Crippen LogP contribution in [-0.2, 0) is 14.2 Å². The van der Waals surface area contributed by atoms with Crippen molar-refractivity contribution < 1.29 is 14.2 Å². The fraction of sp³-hybridized carbons (Fsp3) is 0.900. The zero-order valence-corrected chi connectivity index (χ0v) is 8.17. The van der Waals surface area contributed by atoms with E-state index in [1.54, 1.807) is 0 Å². The second-order valence-corrected chi connectivity index (χ2v) is 4.20. The van der Waals surface area contributed by atoms with E-state index in [1.165, 1.54) is 0 Å². The van der Waals surface area contributed by atoms with Gasteiger partial charge in [-0.1, -0.05) is 0 Å². The summed E-state index contributed by atoms with van der Waals surface area (Å²) in [6.45, 7) is 3.58. The molecule has 74 valence electrons. The summed E-state index contributed by atoms with van der Waals surface area (Å²) < 4.78 is 16.5. The smallest absolute Gasteiger partial charge is 0.214 e. The number of hydrogen-bond donors (Lipinski definition) is 0. The number of hydrogen-bond acceptors (Lipinski definition) is 3. The average Bonchev–Trinajstić information content (AvgIpc) is 2.61. The minimum absolute atomic E-state index is 0.0689. The van der Waals surface area contributed by atoms with Gasteiger partial charge in [0.25, 0.3) is 0 Å². The maximum absolute atomic E-state index is 5.62. The third-order valence-electron chi connectivity index (χ3n) is 3.23. The highest BCUT2D eigenvalue weighted by Gasteiger charge is 2.45. The van der Waals surface area contributed by atoms with Gasteiger partial charge in [-0.2, -0.15) is 4.74 Å². The Bertz CT molecular complexity index is 175. The fourth-order valence-electron chi connectivity index (χ4n) is 2.09. The Labute approximate surface area is 79.4 Å². The van der Waals surface area contributed by atoms with Crippen LogP contribution in [-0.4, -0.2) is 24.6 Å². The van der Waals surface area contributed by atoms with Crippen LogP contribution in [0.4, 0.5) is 0 Å². The lowest BCUT2D eigenvalue weighted by Crippen LogP contribution is -2.42. The summed E-state index contributed by atoms with van der Waals surface area (Å²) in [6.07, 6.45) is 3.80. The molecule has 1 aliphatic heterocycles. The number of ether oxygens (including phenoxy) is 3. The Morgan fingerprint density at radius 3 is 2.08 bits per heavy atom. The van der Waals surface area contributed by atoms with Crippen LogP contribution in [0.15, 0.2) is 0 Å². The molecule has 0 unspecified atom stereocenters. The molecule has 3 heteroatoms. The van der Waals surface area contributed by atoms with Crippen LogP contribution in [0.3, 0.4) is 0 Å². The van der Waals surface area contributed by atoms with Crippen molar-refractivity contribution in [3.05, 3.63) is 7.11 Å². The minimum atomic E-state index is -0.280. The monoisotopic (exact) mass is 185 g/mol. The van der Waals surface area contributed by atoms with Crippen molar-refractivity contribution in [2.24, 2.45) is 0 Å². The highest BCUT2D eigenvalue weighted by molar-refractivity contribution is 4.89. The molecule has 1 spiro atoms. The van der Waals surface area contributed by atoms with Gasteiger partial charge in [0.15, 0.2) is 5.79 Å². The van der Waals surface area contributed by atoms with Crippen molar-refractivity contribution in [1.29, 1.82) is 0 Å². The van der Waals surface area contributed by atoms with Crippen molar-refractivity contribution in [2.45, 2.75) is 44.0 Å². The average molecular weight is 185 g/mol. The summed E-state index contributed by atoms with van der Waals surface area (Å²) in [6, 6.07) is 0. The molecule has 0 aromatic heterocycles. The quantitative estimate of drug-likeness (QED) is 0.584. The van der Waals surface area contributed by atoms with Crippen molar-refractivity contribution in [2.75, 3.05) is 13.2 Å². The number of rotatable bonds is 1. The molecule has 2 fully saturated rings. The molecule has 0 aromatic rings. The Balaban J connectivity index is 1.95. The van der Waals surface area contributed by atoms with E-state index in [9.17, 15) is 0 Å². The van der Waals surface area contributed by atoms with Crippen molar-refractivity contribution in [3.63, 3.8) is 0 Å². The lowest BCUT2D eigenvalue weighted by molar-refractivity contribution is -0.201. The van der Waals surface area contributed by atoms with Gasteiger partial charge >= 0.3 is 0 Å². The normalized spacial score (nSPS) is 30.8. The van der Waals surface area contributed by atoms with Gasteiger partial charge < -0.3 is 9.47 Å². The van der Waals surface area contributed by atoms with Gasteiger partial charge in [0.05, 0.1) is 13.2 Å². The maximum atomic E-state index is 5.62. The first-order valence-electron chi connectivity index (χ1n) is 4.89. The van der Waals surface area contributed by atoms with Gasteiger partial charge in [0.2, 0.25) is 7.11 Å². The Kier molecular flexibility index (Phi) is 2.26. The lowest BCUT2D eigenvalue weighted by atomic mass is 9.82. The molecule has 0 atom stereocenters. The molecule has 13 heavy (non-hydrogen) atoms. The third-order valence-corrected chi connectivity index (χ3v) is 3.23. The van der Waals surface area contributed by atoms with Gasteiger partial charge in [0, 0.05) is 12.8 Å². The summed E-state index contributed by atoms with van der Waals surface area (Å²) in [5, 5.41) is 0. The van der Waals surface area contributed by atoms with Gasteiger partial charge in [-0.25, -0.2) is 0 Å². The first kappa shape index (κ1) is 9.31. The molecule has 0 N–H and O–H groups in total. The zero-order valence-electron chi connectivity index (χ0n) is 8.17. The van der Waals surface area contributed by atoms with Crippen LogP contribution in [0.25, 0.3) is 0 Å². The van der Waals surface area contributed by atoms with Crippen molar-refractivity contribution in [3.8, 4) is 0 Å². The van der Waals surface area contributed by atoms with Crippen molar-refractivity contribution >= 4 is 0 Å². The molecule has 0 bridgehead atoms. The Morgan fingerprint density at radius 1 is 1.08 bits per heavy atom. The molecule has 1 saturated heterocycles. The molecular weight excluding hydrogens is 168 g/mol. The lowest BCUT2D eigenvalue weighted by Gasteiger charge is -2.38. The molecule has 0 radical (unpaired) electrons. The van der Waals surface area contributed by atoms with Crippen LogP contribution in [0, 0.1) is 7.11 Å². The predicted octanol–water partition coefficient (Wildman–Crippen LogP) is 1.87. The summed E-state index contributed by atoms with van der Waals surface area (Å²) in [7, 11) is 3.51. The summed E-state index contributed by atoms with van der Waals surface area (Å²) in [5.74, 6) is -0.280. The van der Waals surface area contributed by atoms with E-state index < -0.39 is 0 Å². The summed E-state index contributed by atoms with van der Waals surface area (Å²) in [5.41, 5.74) is -0.0689. The van der Waals surface area contributed by atoms with E-state index >= 15 is 0 Å². The van der Waals surface area contributed by atoms with E-state index in [2.05, 4.69) is 14.0 Å². The minimum Gasteiger partial charge on any atom is -0.348 e. The molecule has 0 aromatic carbocycles. The molecule has 0 amide bonds. The van der Waals surface area contributed by atoms with E-state index in [4.69, 9.17) is 14.2 Å². The van der Waals surface area contributed by atoms with Crippen LogP contribution in [0.1, 0.15) is 32.6 Å². The molecule has 3 nitrogen and oxygen atoms in total. The maximum Gasteiger partial charge on any atom is 0.214 e. The van der Waals surface area contributed by atoms with E-state index in [0.717, 1.165) is 38.9 Å². The second-order valence-electron chi connectivity index (χ2n) is 4.20. The van der Waals surface area contributed by atoms with Gasteiger partial charge in [-0.15, -0.1) is 0 Å². The standard InChI is InChI=1S/C10H17O3/c1-9(11-2)3-5-10(6-4-9)12-7-8-13-10/h2-8H2,1H3/q+1. The van der Waals surface area contributed by atoms with Crippen LogP contribution in [0.2, 0.25) is 0 Å². The SMILES string of the molecule is [CH2+]OC1(C)CCC2(CC1)OCCO2. The van der Waals surface area contributed by atoms with Gasteiger partial charge in [-0.3, -0.25) is 0 Å². The molecule has 2 aliphatic rings. The van der Waals surface area contributed by atoms with Crippen molar-refractivity contribution in [1.82, 2.24) is 0 Å².